The minimum atomic E-state index is -0.158. The number of ether oxygens (including phenoxy) is 1. The van der Waals surface area contributed by atoms with Crippen molar-refractivity contribution in [2.75, 3.05) is 40.4 Å². The fourth-order valence-corrected chi connectivity index (χ4v) is 2.05. The number of hydrogen-bond donors (Lipinski definition) is 2. The molecule has 2 rings (SSSR count). The van der Waals surface area contributed by atoms with Gasteiger partial charge in [0.05, 0.1) is 17.7 Å². The SMILES string of the molecule is CN(C)CCNC(=O)c1cc(OCCO)nc2ccccc12. The highest BCUT2D eigenvalue weighted by atomic mass is 16.5. The van der Waals surface area contributed by atoms with Gasteiger partial charge in [0.25, 0.3) is 5.91 Å². The summed E-state index contributed by atoms with van der Waals surface area (Å²) in [6.07, 6.45) is 0. The van der Waals surface area contributed by atoms with E-state index in [1.54, 1.807) is 6.07 Å². The summed E-state index contributed by atoms with van der Waals surface area (Å²) in [5.41, 5.74) is 1.22. The molecule has 118 valence electrons. The van der Waals surface area contributed by atoms with Gasteiger partial charge in [-0.2, -0.15) is 0 Å². The zero-order valence-corrected chi connectivity index (χ0v) is 12.9. The van der Waals surface area contributed by atoms with Gasteiger partial charge in [0.15, 0.2) is 0 Å². The van der Waals surface area contributed by atoms with Gasteiger partial charge in [-0.25, -0.2) is 4.98 Å². The van der Waals surface area contributed by atoms with Crippen molar-refractivity contribution >= 4 is 16.8 Å². The minimum Gasteiger partial charge on any atom is -0.475 e. The lowest BCUT2D eigenvalue weighted by Gasteiger charge is -2.12. The number of aromatic nitrogens is 1. The molecule has 0 fully saturated rings. The molecule has 0 bridgehead atoms. The highest BCUT2D eigenvalue weighted by Crippen LogP contribution is 2.22. The zero-order chi connectivity index (χ0) is 15.9. The van der Waals surface area contributed by atoms with E-state index in [-0.39, 0.29) is 19.1 Å². The van der Waals surface area contributed by atoms with Crippen molar-refractivity contribution in [3.63, 3.8) is 0 Å². The van der Waals surface area contributed by atoms with Gasteiger partial charge in [0.1, 0.15) is 6.61 Å². The predicted molar refractivity (Wildman–Crippen MR) is 85.2 cm³/mol. The molecule has 0 aliphatic rings. The van der Waals surface area contributed by atoms with Gasteiger partial charge in [-0.05, 0) is 20.2 Å². The normalized spacial score (nSPS) is 10.9. The molecule has 0 saturated carbocycles. The van der Waals surface area contributed by atoms with Crippen LogP contribution in [0.2, 0.25) is 0 Å². The number of aliphatic hydroxyl groups excluding tert-OH is 1. The molecule has 1 amide bonds. The lowest BCUT2D eigenvalue weighted by Crippen LogP contribution is -2.31. The third-order valence-corrected chi connectivity index (χ3v) is 3.12. The summed E-state index contributed by atoms with van der Waals surface area (Å²) in [6, 6.07) is 9.04. The minimum absolute atomic E-state index is 0.0983. The van der Waals surface area contributed by atoms with E-state index in [1.807, 2.05) is 43.3 Å². The Morgan fingerprint density at radius 2 is 2.14 bits per heavy atom. The van der Waals surface area contributed by atoms with Crippen LogP contribution < -0.4 is 10.1 Å². The second-order valence-electron chi connectivity index (χ2n) is 5.16. The summed E-state index contributed by atoms with van der Waals surface area (Å²) in [4.78, 5) is 18.7. The van der Waals surface area contributed by atoms with Crippen molar-refractivity contribution in [3.05, 3.63) is 35.9 Å². The van der Waals surface area contributed by atoms with E-state index in [4.69, 9.17) is 9.84 Å². The first kappa shape index (κ1) is 16.2. The molecule has 1 aromatic carbocycles. The van der Waals surface area contributed by atoms with Crippen molar-refractivity contribution in [1.82, 2.24) is 15.2 Å². The average molecular weight is 303 g/mol. The predicted octanol–water partition coefficient (Wildman–Crippen LogP) is 0.897. The molecule has 0 unspecified atom stereocenters. The van der Waals surface area contributed by atoms with Crippen molar-refractivity contribution in [2.45, 2.75) is 0 Å². The second kappa shape index (κ2) is 7.72. The van der Waals surface area contributed by atoms with Crippen molar-refractivity contribution in [1.29, 1.82) is 0 Å². The second-order valence-corrected chi connectivity index (χ2v) is 5.16. The number of rotatable bonds is 7. The van der Waals surface area contributed by atoms with E-state index in [2.05, 4.69) is 10.3 Å². The Kier molecular flexibility index (Phi) is 5.68. The van der Waals surface area contributed by atoms with Gasteiger partial charge in [-0.3, -0.25) is 4.79 Å². The number of nitrogens with zero attached hydrogens (tertiary/aromatic N) is 2. The van der Waals surface area contributed by atoms with Crippen LogP contribution in [0.5, 0.6) is 5.88 Å². The van der Waals surface area contributed by atoms with Crippen LogP contribution in [0, 0.1) is 0 Å². The number of likely N-dealkylation sites (N-methyl/N-ethyl adjacent to an activating group) is 1. The van der Waals surface area contributed by atoms with E-state index in [1.165, 1.54) is 0 Å². The van der Waals surface area contributed by atoms with Gasteiger partial charge in [0, 0.05) is 24.5 Å². The van der Waals surface area contributed by atoms with Gasteiger partial charge in [0.2, 0.25) is 5.88 Å². The third-order valence-electron chi connectivity index (χ3n) is 3.12. The van der Waals surface area contributed by atoms with Crippen LogP contribution >= 0.6 is 0 Å². The number of pyridine rings is 1. The lowest BCUT2D eigenvalue weighted by atomic mass is 10.1. The first-order valence-corrected chi connectivity index (χ1v) is 7.18. The highest BCUT2D eigenvalue weighted by molar-refractivity contribution is 6.06. The molecular weight excluding hydrogens is 282 g/mol. The van der Waals surface area contributed by atoms with E-state index >= 15 is 0 Å². The van der Waals surface area contributed by atoms with E-state index in [9.17, 15) is 4.79 Å². The molecule has 1 heterocycles. The Bertz CT molecular complexity index is 644. The Hall–Kier alpha value is -2.18. The van der Waals surface area contributed by atoms with E-state index < -0.39 is 0 Å². The monoisotopic (exact) mass is 303 g/mol. The van der Waals surface area contributed by atoms with Crippen LogP contribution in [0.3, 0.4) is 0 Å². The Morgan fingerprint density at radius 3 is 2.86 bits per heavy atom. The molecule has 2 N–H and O–H groups in total. The largest absolute Gasteiger partial charge is 0.475 e. The summed E-state index contributed by atoms with van der Waals surface area (Å²) in [6.45, 7) is 1.38. The number of amides is 1. The topological polar surface area (TPSA) is 74.7 Å². The number of fused-ring (bicyclic) bond motifs is 1. The number of benzene rings is 1. The van der Waals surface area contributed by atoms with Crippen LogP contribution in [0.4, 0.5) is 0 Å². The Balaban J connectivity index is 2.27. The first-order chi connectivity index (χ1) is 10.6. The van der Waals surface area contributed by atoms with Gasteiger partial charge < -0.3 is 20.1 Å². The molecule has 0 saturated heterocycles. The number of carbonyl (C=O) groups is 1. The first-order valence-electron chi connectivity index (χ1n) is 7.18. The summed E-state index contributed by atoms with van der Waals surface area (Å²) in [7, 11) is 3.91. The maximum atomic E-state index is 12.4. The molecule has 1 aromatic heterocycles. The molecule has 0 aliphatic heterocycles. The highest BCUT2D eigenvalue weighted by Gasteiger charge is 2.13. The van der Waals surface area contributed by atoms with Crippen LogP contribution in [0.1, 0.15) is 10.4 Å². The molecular formula is C16H21N3O3. The molecule has 0 atom stereocenters. The van der Waals surface area contributed by atoms with E-state index in [0.29, 0.717) is 23.5 Å². The van der Waals surface area contributed by atoms with Gasteiger partial charge >= 0.3 is 0 Å². The van der Waals surface area contributed by atoms with Crippen LogP contribution in [0.25, 0.3) is 10.9 Å². The molecule has 22 heavy (non-hydrogen) atoms. The lowest BCUT2D eigenvalue weighted by molar-refractivity contribution is 0.0952. The molecule has 0 radical (unpaired) electrons. The average Bonchev–Trinajstić information content (AvgIpc) is 2.51. The number of para-hydroxylation sites is 1. The Labute approximate surface area is 129 Å². The van der Waals surface area contributed by atoms with Crippen LogP contribution in [-0.2, 0) is 0 Å². The maximum absolute atomic E-state index is 12.4. The van der Waals surface area contributed by atoms with Crippen molar-refractivity contribution in [3.8, 4) is 5.88 Å². The van der Waals surface area contributed by atoms with Gasteiger partial charge in [-0.1, -0.05) is 18.2 Å². The van der Waals surface area contributed by atoms with Crippen molar-refractivity contribution < 1.29 is 14.6 Å². The number of aliphatic hydroxyl groups is 1. The number of hydrogen-bond acceptors (Lipinski definition) is 5. The summed E-state index contributed by atoms with van der Waals surface area (Å²) in [5, 5.41) is 12.5. The fourth-order valence-electron chi connectivity index (χ4n) is 2.05. The molecule has 0 aliphatic carbocycles. The van der Waals surface area contributed by atoms with Gasteiger partial charge in [-0.15, -0.1) is 0 Å². The number of nitrogens with one attached hydrogen (secondary N) is 1. The molecule has 6 nitrogen and oxygen atoms in total. The summed E-state index contributed by atoms with van der Waals surface area (Å²) in [5.74, 6) is 0.180. The van der Waals surface area contributed by atoms with E-state index in [0.717, 1.165) is 11.9 Å². The number of carbonyl (C=O) groups excluding carboxylic acids is 1. The van der Waals surface area contributed by atoms with Crippen molar-refractivity contribution in [2.24, 2.45) is 0 Å². The zero-order valence-electron chi connectivity index (χ0n) is 12.9. The standard InChI is InChI=1S/C16H21N3O3/c1-19(2)8-7-17-16(21)13-11-15(22-10-9-20)18-14-6-4-3-5-12(13)14/h3-6,11,20H,7-10H2,1-2H3,(H,17,21). The van der Waals surface area contributed by atoms with Crippen LogP contribution in [0.15, 0.2) is 30.3 Å². The smallest absolute Gasteiger partial charge is 0.252 e. The summed E-state index contributed by atoms with van der Waals surface area (Å²) < 4.78 is 5.35. The Morgan fingerprint density at radius 1 is 1.36 bits per heavy atom. The molecule has 0 spiro atoms. The fraction of sp³-hybridized carbons (Fsp3) is 0.375. The maximum Gasteiger partial charge on any atom is 0.252 e. The quantitative estimate of drug-likeness (QED) is 0.795. The summed E-state index contributed by atoms with van der Waals surface area (Å²) >= 11 is 0. The molecule has 6 heteroatoms. The van der Waals surface area contributed by atoms with Crippen LogP contribution in [-0.4, -0.2) is 61.3 Å². The molecule has 2 aromatic rings. The third kappa shape index (κ3) is 4.16.